The topological polar surface area (TPSA) is 61.8 Å². The van der Waals surface area contributed by atoms with Crippen LogP contribution in [0.5, 0.6) is 0 Å². The van der Waals surface area contributed by atoms with Crippen molar-refractivity contribution in [2.45, 2.75) is 65.2 Å². The summed E-state index contributed by atoms with van der Waals surface area (Å²) in [5.74, 6) is -1.10. The summed E-state index contributed by atoms with van der Waals surface area (Å²) in [6.07, 6.45) is 9.20. The van der Waals surface area contributed by atoms with Gasteiger partial charge in [-0.05, 0) is 12.8 Å². The molecule has 0 aliphatic carbocycles. The van der Waals surface area contributed by atoms with Crippen LogP contribution in [0.25, 0.3) is 0 Å². The van der Waals surface area contributed by atoms with E-state index in [0.717, 1.165) is 57.4 Å². The van der Waals surface area contributed by atoms with Crippen LogP contribution in [0.4, 0.5) is 0 Å². The van der Waals surface area contributed by atoms with Gasteiger partial charge < -0.3 is 14.2 Å². The van der Waals surface area contributed by atoms with Crippen LogP contribution in [0, 0.1) is 0 Å². The molecule has 0 saturated carbocycles. The third-order valence-corrected chi connectivity index (χ3v) is 3.50. The summed E-state index contributed by atoms with van der Waals surface area (Å²) in [4.78, 5) is 23.9. The first kappa shape index (κ1) is 22.2. The SMILES string of the molecule is C=C(OC)/C(=C/C(=O)OCCCCCC)C(=O)OCCCCCC. The van der Waals surface area contributed by atoms with E-state index in [1.165, 1.54) is 7.11 Å². The van der Waals surface area contributed by atoms with Crippen molar-refractivity contribution in [3.8, 4) is 0 Å². The maximum atomic E-state index is 12.1. The van der Waals surface area contributed by atoms with Crippen molar-refractivity contribution in [1.29, 1.82) is 0 Å². The first-order chi connectivity index (χ1) is 11.6. The molecular weight excluding hydrogens is 308 g/mol. The number of hydrogen-bond donors (Lipinski definition) is 0. The van der Waals surface area contributed by atoms with Crippen LogP contribution >= 0.6 is 0 Å². The molecule has 0 spiro atoms. The lowest BCUT2D eigenvalue weighted by atomic mass is 10.2. The number of esters is 2. The van der Waals surface area contributed by atoms with Gasteiger partial charge in [0.2, 0.25) is 0 Å². The molecule has 0 fully saturated rings. The number of unbranched alkanes of at least 4 members (excludes halogenated alkanes) is 6. The second kappa shape index (κ2) is 14.8. The summed E-state index contributed by atoms with van der Waals surface area (Å²) >= 11 is 0. The summed E-state index contributed by atoms with van der Waals surface area (Å²) < 4.78 is 15.2. The molecule has 0 bridgehead atoms. The summed E-state index contributed by atoms with van der Waals surface area (Å²) in [5.41, 5.74) is 0.00606. The Morgan fingerprint density at radius 2 is 1.42 bits per heavy atom. The standard InChI is InChI=1S/C19H32O5/c1-5-7-9-11-13-23-18(20)15-17(16(3)22-4)19(21)24-14-12-10-8-6-2/h15H,3,5-14H2,1-2,4H3/b17-15-. The fourth-order valence-corrected chi connectivity index (χ4v) is 2.00. The van der Waals surface area contributed by atoms with Gasteiger partial charge >= 0.3 is 11.9 Å². The fraction of sp³-hybridized carbons (Fsp3) is 0.684. The van der Waals surface area contributed by atoms with Gasteiger partial charge in [-0.15, -0.1) is 0 Å². The van der Waals surface area contributed by atoms with Gasteiger partial charge in [0, 0.05) is 6.08 Å². The summed E-state index contributed by atoms with van der Waals surface area (Å²) in [5, 5.41) is 0. The zero-order valence-electron chi connectivity index (χ0n) is 15.4. The van der Waals surface area contributed by atoms with E-state index in [2.05, 4.69) is 20.4 Å². The zero-order chi connectivity index (χ0) is 18.2. The van der Waals surface area contributed by atoms with E-state index in [0.29, 0.717) is 13.2 Å². The average molecular weight is 340 g/mol. The smallest absolute Gasteiger partial charge is 0.342 e. The molecule has 0 aromatic carbocycles. The monoisotopic (exact) mass is 340 g/mol. The van der Waals surface area contributed by atoms with Gasteiger partial charge in [-0.1, -0.05) is 59.0 Å². The minimum atomic E-state index is -0.610. The molecule has 5 heteroatoms. The zero-order valence-corrected chi connectivity index (χ0v) is 15.4. The molecule has 138 valence electrons. The first-order valence-corrected chi connectivity index (χ1v) is 8.85. The lowest BCUT2D eigenvalue weighted by Gasteiger charge is -2.10. The van der Waals surface area contributed by atoms with E-state index < -0.39 is 11.9 Å². The molecule has 0 atom stereocenters. The molecule has 0 radical (unpaired) electrons. The van der Waals surface area contributed by atoms with Crippen LogP contribution in [0.15, 0.2) is 24.0 Å². The Balaban J connectivity index is 4.43. The number of rotatable bonds is 14. The Morgan fingerprint density at radius 1 is 0.875 bits per heavy atom. The highest BCUT2D eigenvalue weighted by molar-refractivity contribution is 5.99. The highest BCUT2D eigenvalue weighted by Gasteiger charge is 2.18. The van der Waals surface area contributed by atoms with E-state index in [9.17, 15) is 9.59 Å². The molecule has 0 unspecified atom stereocenters. The van der Waals surface area contributed by atoms with E-state index in [1.54, 1.807) is 0 Å². The molecule has 0 amide bonds. The van der Waals surface area contributed by atoms with Gasteiger partial charge in [0.05, 0.1) is 20.3 Å². The van der Waals surface area contributed by atoms with Crippen molar-refractivity contribution in [2.75, 3.05) is 20.3 Å². The van der Waals surface area contributed by atoms with E-state index in [4.69, 9.17) is 14.2 Å². The van der Waals surface area contributed by atoms with Crippen molar-refractivity contribution >= 4 is 11.9 Å². The molecule has 0 aliphatic heterocycles. The predicted octanol–water partition coefficient (Wildman–Crippen LogP) is 4.32. The molecule has 5 nitrogen and oxygen atoms in total. The summed E-state index contributed by atoms with van der Waals surface area (Å²) in [6, 6.07) is 0. The maximum Gasteiger partial charge on any atom is 0.342 e. The number of carbonyl (C=O) groups is 2. The van der Waals surface area contributed by atoms with Gasteiger partial charge in [0.1, 0.15) is 11.3 Å². The molecule has 0 aliphatic rings. The molecule has 0 N–H and O–H groups in total. The van der Waals surface area contributed by atoms with E-state index >= 15 is 0 Å². The highest BCUT2D eigenvalue weighted by atomic mass is 16.5. The van der Waals surface area contributed by atoms with Crippen molar-refractivity contribution in [3.05, 3.63) is 24.0 Å². The minimum absolute atomic E-state index is 0.00606. The van der Waals surface area contributed by atoms with Crippen molar-refractivity contribution in [3.63, 3.8) is 0 Å². The van der Waals surface area contributed by atoms with E-state index in [-0.39, 0.29) is 11.3 Å². The van der Waals surface area contributed by atoms with E-state index in [1.807, 2.05) is 0 Å². The third-order valence-electron chi connectivity index (χ3n) is 3.50. The first-order valence-electron chi connectivity index (χ1n) is 8.85. The normalized spacial score (nSPS) is 11.0. The van der Waals surface area contributed by atoms with Gasteiger partial charge in [0.15, 0.2) is 0 Å². The maximum absolute atomic E-state index is 12.1. The third kappa shape index (κ3) is 10.9. The molecule has 0 heterocycles. The van der Waals surface area contributed by atoms with Crippen LogP contribution in [0.3, 0.4) is 0 Å². The van der Waals surface area contributed by atoms with Crippen LogP contribution in [-0.2, 0) is 23.8 Å². The lowest BCUT2D eigenvalue weighted by molar-refractivity contribution is -0.141. The number of carbonyl (C=O) groups excluding carboxylic acids is 2. The Bertz CT molecular complexity index is 412. The number of hydrogen-bond acceptors (Lipinski definition) is 5. The summed E-state index contributed by atoms with van der Waals surface area (Å²) in [7, 11) is 1.39. The molecule has 0 aromatic heterocycles. The molecule has 0 saturated heterocycles. The molecule has 0 rings (SSSR count). The van der Waals surface area contributed by atoms with Gasteiger partial charge in [-0.25, -0.2) is 9.59 Å². The Morgan fingerprint density at radius 3 is 1.92 bits per heavy atom. The highest BCUT2D eigenvalue weighted by Crippen LogP contribution is 2.12. The second-order valence-electron chi connectivity index (χ2n) is 5.61. The largest absolute Gasteiger partial charge is 0.496 e. The van der Waals surface area contributed by atoms with Crippen LogP contribution in [0.1, 0.15) is 65.2 Å². The van der Waals surface area contributed by atoms with Crippen molar-refractivity contribution in [1.82, 2.24) is 0 Å². The fourth-order valence-electron chi connectivity index (χ4n) is 2.00. The van der Waals surface area contributed by atoms with Gasteiger partial charge in [0.25, 0.3) is 0 Å². The molecular formula is C19H32O5. The molecule has 24 heavy (non-hydrogen) atoms. The Labute approximate surface area is 146 Å². The number of ether oxygens (including phenoxy) is 3. The quantitative estimate of drug-likeness (QED) is 0.155. The second-order valence-corrected chi connectivity index (χ2v) is 5.61. The van der Waals surface area contributed by atoms with Crippen LogP contribution in [-0.4, -0.2) is 32.3 Å². The molecule has 0 aromatic rings. The lowest BCUT2D eigenvalue weighted by Crippen LogP contribution is -2.14. The van der Waals surface area contributed by atoms with Gasteiger partial charge in [-0.3, -0.25) is 0 Å². The van der Waals surface area contributed by atoms with Crippen LogP contribution < -0.4 is 0 Å². The predicted molar refractivity (Wildman–Crippen MR) is 94.4 cm³/mol. The summed E-state index contributed by atoms with van der Waals surface area (Å²) in [6.45, 7) is 8.52. The minimum Gasteiger partial charge on any atom is -0.496 e. The van der Waals surface area contributed by atoms with Crippen molar-refractivity contribution < 1.29 is 23.8 Å². The Kier molecular flexibility index (Phi) is 13.7. The average Bonchev–Trinajstić information content (AvgIpc) is 2.58. The van der Waals surface area contributed by atoms with Crippen LogP contribution in [0.2, 0.25) is 0 Å². The van der Waals surface area contributed by atoms with Crippen molar-refractivity contribution in [2.24, 2.45) is 0 Å². The number of methoxy groups -OCH3 is 1. The van der Waals surface area contributed by atoms with Gasteiger partial charge in [-0.2, -0.15) is 0 Å². The Hall–Kier alpha value is -1.78.